The normalized spacial score (nSPS) is 25.0. The Balaban J connectivity index is 1.30. The van der Waals surface area contributed by atoms with E-state index in [9.17, 15) is 9.59 Å². The van der Waals surface area contributed by atoms with Crippen LogP contribution in [0.25, 0.3) is 0 Å². The van der Waals surface area contributed by atoms with Gasteiger partial charge < -0.3 is 16.0 Å². The molecule has 0 aliphatic carbocycles. The van der Waals surface area contributed by atoms with E-state index in [1.165, 1.54) is 3.57 Å². The molecule has 0 aromatic heterocycles. The monoisotopic (exact) mass is 455 g/mol. The molecule has 0 radical (unpaired) electrons. The second-order valence-corrected chi connectivity index (χ2v) is 8.79. The second-order valence-electron chi connectivity index (χ2n) is 6.27. The number of fused-ring (bicyclic) bond motifs is 1. The molecule has 3 atom stereocenters. The molecule has 7 heteroatoms. The van der Waals surface area contributed by atoms with Crippen molar-refractivity contribution in [1.82, 2.24) is 16.0 Å². The van der Waals surface area contributed by atoms with Crippen molar-refractivity contribution in [3.05, 3.63) is 33.4 Å². The van der Waals surface area contributed by atoms with E-state index in [0.29, 0.717) is 18.2 Å². The molecule has 5 nitrogen and oxygen atoms in total. The molecule has 1 aromatic rings. The van der Waals surface area contributed by atoms with Crippen LogP contribution in [-0.4, -0.2) is 35.0 Å². The van der Waals surface area contributed by atoms with Crippen molar-refractivity contribution >= 4 is 46.3 Å². The highest BCUT2D eigenvalue weighted by atomic mass is 123. The van der Waals surface area contributed by atoms with Crippen LogP contribution in [0.5, 0.6) is 0 Å². The summed E-state index contributed by atoms with van der Waals surface area (Å²) in [7, 11) is 0. The van der Waals surface area contributed by atoms with Gasteiger partial charge in [0.25, 0.3) is 0 Å². The molecule has 0 spiro atoms. The predicted octanol–water partition coefficient (Wildman–Crippen LogP) is 2.63. The molecule has 0 saturated carbocycles. The Morgan fingerprint density at radius 3 is 2.83 bits per heavy atom. The maximum Gasteiger partial charge on any atom is 0.315 e. The zero-order valence-electron chi connectivity index (χ0n) is 13.4. The van der Waals surface area contributed by atoms with Crippen LogP contribution in [0.15, 0.2) is 24.3 Å². The molecule has 3 N–H and O–H groups in total. The zero-order valence-corrected chi connectivity index (χ0v) is 16.4. The van der Waals surface area contributed by atoms with Crippen molar-refractivity contribution in [2.24, 2.45) is 0 Å². The quantitative estimate of drug-likeness (QED) is 0.337. The Labute approximate surface area is 160 Å². The van der Waals surface area contributed by atoms with Gasteiger partial charge in [-0.2, -0.15) is 11.8 Å². The molecular formula is C17H22IN3O2S. The van der Waals surface area contributed by atoms with Crippen LogP contribution < -0.4 is 16.0 Å². The Kier molecular flexibility index (Phi) is 6.26. The molecule has 0 bridgehead atoms. The summed E-state index contributed by atoms with van der Waals surface area (Å²) in [5, 5.41) is 9.41. The van der Waals surface area contributed by atoms with Gasteiger partial charge in [0.2, 0.25) is 5.91 Å². The van der Waals surface area contributed by atoms with Gasteiger partial charge in [0.15, 0.2) is 0 Å². The average Bonchev–Trinajstić information content (AvgIpc) is 3.10. The first-order valence-electron chi connectivity index (χ1n) is 8.31. The highest BCUT2D eigenvalue weighted by Gasteiger charge is 2.42. The average molecular weight is 455 g/mol. The van der Waals surface area contributed by atoms with Crippen molar-refractivity contribution in [2.45, 2.75) is 49.6 Å². The van der Waals surface area contributed by atoms with Crippen LogP contribution in [0.4, 0.5) is 4.79 Å². The van der Waals surface area contributed by atoms with Crippen molar-refractivity contribution in [3.8, 4) is 0 Å². The molecule has 2 fully saturated rings. The lowest BCUT2D eigenvalue weighted by molar-refractivity contribution is -0.121. The van der Waals surface area contributed by atoms with Gasteiger partial charge in [-0.05, 0) is 53.1 Å². The topological polar surface area (TPSA) is 70.2 Å². The van der Waals surface area contributed by atoms with Crippen molar-refractivity contribution in [2.75, 3.05) is 5.75 Å². The first-order valence-corrected chi connectivity index (χ1v) is 10.4. The highest BCUT2D eigenvalue weighted by Crippen LogP contribution is 2.33. The van der Waals surface area contributed by atoms with Gasteiger partial charge in [-0.3, -0.25) is 4.79 Å². The van der Waals surface area contributed by atoms with E-state index in [1.54, 1.807) is 0 Å². The summed E-state index contributed by atoms with van der Waals surface area (Å²) in [6, 6.07) is 8.68. The molecule has 24 heavy (non-hydrogen) atoms. The van der Waals surface area contributed by atoms with Crippen molar-refractivity contribution in [3.63, 3.8) is 0 Å². The fourth-order valence-corrected chi connectivity index (χ4v) is 5.07. The third-order valence-electron chi connectivity index (χ3n) is 4.48. The Hall–Kier alpha value is -0.960. The molecule has 3 rings (SSSR count). The third-order valence-corrected chi connectivity index (χ3v) is 6.71. The summed E-state index contributed by atoms with van der Waals surface area (Å²) in [5.74, 6) is 1.10. The lowest BCUT2D eigenvalue weighted by atomic mass is 10.0. The zero-order chi connectivity index (χ0) is 16.9. The summed E-state index contributed by atoms with van der Waals surface area (Å²) >= 11 is 4.20. The van der Waals surface area contributed by atoms with Gasteiger partial charge in [-0.15, -0.1) is 0 Å². The summed E-state index contributed by atoms with van der Waals surface area (Å²) < 4.78 is 1.20. The van der Waals surface area contributed by atoms with E-state index in [4.69, 9.17) is 0 Å². The lowest BCUT2D eigenvalue weighted by Crippen LogP contribution is -2.36. The van der Waals surface area contributed by atoms with E-state index in [2.05, 4.69) is 38.5 Å². The summed E-state index contributed by atoms with van der Waals surface area (Å²) in [6.07, 6.45) is 3.54. The number of benzene rings is 1. The number of thioether (sulfide) groups is 1. The highest BCUT2D eigenvalue weighted by molar-refractivity contribution is 14.1. The fourth-order valence-electron chi connectivity index (χ4n) is 3.17. The van der Waals surface area contributed by atoms with Gasteiger partial charge in [0, 0.05) is 27.5 Å². The fraction of sp³-hybridized carbons (Fsp3) is 0.529. The van der Waals surface area contributed by atoms with E-state index in [1.807, 2.05) is 36.0 Å². The summed E-state index contributed by atoms with van der Waals surface area (Å²) in [6.45, 7) is 0.593. The van der Waals surface area contributed by atoms with Crippen molar-refractivity contribution in [1.29, 1.82) is 0 Å². The number of hydrogen-bond acceptors (Lipinski definition) is 3. The van der Waals surface area contributed by atoms with Crippen LogP contribution in [0.1, 0.15) is 31.2 Å². The molecule has 2 aliphatic heterocycles. The largest absolute Gasteiger partial charge is 0.352 e. The van der Waals surface area contributed by atoms with E-state index >= 15 is 0 Å². The maximum absolute atomic E-state index is 11.9. The molecule has 2 aliphatic rings. The number of halogens is 1. The number of amides is 3. The van der Waals surface area contributed by atoms with Crippen LogP contribution >= 0.6 is 34.4 Å². The molecule has 3 amide bonds. The number of nitrogens with one attached hydrogen (secondary N) is 3. The van der Waals surface area contributed by atoms with E-state index in [-0.39, 0.29) is 24.0 Å². The number of unbranched alkanes of at least 4 members (excludes halogenated alkanes) is 1. The minimum Gasteiger partial charge on any atom is -0.352 e. The van der Waals surface area contributed by atoms with Crippen molar-refractivity contribution < 1.29 is 9.59 Å². The first-order chi connectivity index (χ1) is 11.6. The Morgan fingerprint density at radius 2 is 2.04 bits per heavy atom. The minimum absolute atomic E-state index is 0.0368. The Bertz CT molecular complexity index is 596. The van der Waals surface area contributed by atoms with E-state index in [0.717, 1.165) is 30.6 Å². The number of urea groups is 1. The lowest BCUT2D eigenvalue weighted by Gasteiger charge is -2.16. The minimum atomic E-state index is -0.0368. The van der Waals surface area contributed by atoms with Gasteiger partial charge >= 0.3 is 6.03 Å². The Morgan fingerprint density at radius 1 is 1.25 bits per heavy atom. The second kappa shape index (κ2) is 8.42. The standard InChI is InChI=1S/C17H22IN3O2S/c18-12-7-5-11(6-8-12)9-19-15(22)4-2-1-3-14-16-13(10-24-14)20-17(23)21-16/h5-8,13-14,16H,1-4,9-10H2,(H,19,22)(H2,20,21,23)/t13-,14-,16-/m0/s1/i18-4. The predicted molar refractivity (Wildman–Crippen MR) is 105 cm³/mol. The molecule has 1 aromatic carbocycles. The van der Waals surface area contributed by atoms with Gasteiger partial charge in [-0.25, -0.2) is 4.79 Å². The van der Waals surface area contributed by atoms with Gasteiger partial charge in [0.05, 0.1) is 12.1 Å². The first kappa shape index (κ1) is 17.8. The number of rotatable bonds is 7. The molecular weight excluding hydrogens is 433 g/mol. The third kappa shape index (κ3) is 4.78. The molecule has 2 saturated heterocycles. The summed E-state index contributed by atoms with van der Waals surface area (Å²) in [5.41, 5.74) is 1.13. The van der Waals surface area contributed by atoms with E-state index < -0.39 is 0 Å². The molecule has 130 valence electrons. The molecule has 2 heterocycles. The molecule has 0 unspecified atom stereocenters. The van der Waals surface area contributed by atoms with Crippen LogP contribution in [-0.2, 0) is 11.3 Å². The number of carbonyl (C=O) groups excluding carboxylic acids is 2. The smallest absolute Gasteiger partial charge is 0.315 e. The SMILES string of the molecule is O=C(CCCC[C@@H]1SC[C@@H]2NC(=O)N[C@@H]21)NCc1ccc([123I])cc1. The van der Waals surface area contributed by atoms with Crippen LogP contribution in [0.2, 0.25) is 0 Å². The maximum atomic E-state index is 11.9. The van der Waals surface area contributed by atoms with Crippen LogP contribution in [0, 0.1) is 3.57 Å². The number of hydrogen-bond donors (Lipinski definition) is 3. The van der Waals surface area contributed by atoms with Crippen LogP contribution in [0.3, 0.4) is 0 Å². The van der Waals surface area contributed by atoms with Gasteiger partial charge in [0.1, 0.15) is 0 Å². The van der Waals surface area contributed by atoms with Gasteiger partial charge in [-0.1, -0.05) is 18.6 Å². The number of carbonyl (C=O) groups is 2. The summed E-state index contributed by atoms with van der Waals surface area (Å²) in [4.78, 5) is 23.3.